The molecule has 0 aliphatic rings. The van der Waals surface area contributed by atoms with Gasteiger partial charge in [0.2, 0.25) is 0 Å². The highest BCUT2D eigenvalue weighted by Gasteiger charge is 2.07. The number of halogens is 1. The fraction of sp³-hybridized carbons (Fsp3) is 0.188. The van der Waals surface area contributed by atoms with Crippen molar-refractivity contribution in [3.8, 4) is 11.5 Å². The van der Waals surface area contributed by atoms with Crippen LogP contribution in [0, 0.1) is 6.92 Å². The molecular formula is C16H15BrO4. The molecule has 21 heavy (non-hydrogen) atoms. The van der Waals surface area contributed by atoms with Crippen LogP contribution in [0.1, 0.15) is 15.9 Å². The van der Waals surface area contributed by atoms with Crippen LogP contribution in [0.4, 0.5) is 0 Å². The number of benzene rings is 2. The van der Waals surface area contributed by atoms with Gasteiger partial charge in [-0.25, -0.2) is 4.79 Å². The van der Waals surface area contributed by atoms with Crippen molar-refractivity contribution >= 4 is 21.9 Å². The Bertz CT molecular complexity index is 623. The van der Waals surface area contributed by atoms with E-state index in [1.807, 2.05) is 31.2 Å². The van der Waals surface area contributed by atoms with Crippen molar-refractivity contribution in [3.05, 3.63) is 58.1 Å². The first-order chi connectivity index (χ1) is 10.1. The van der Waals surface area contributed by atoms with Crippen LogP contribution in [-0.4, -0.2) is 24.3 Å². The van der Waals surface area contributed by atoms with Gasteiger partial charge in [0.15, 0.2) is 0 Å². The average Bonchev–Trinajstić information content (AvgIpc) is 2.47. The summed E-state index contributed by atoms with van der Waals surface area (Å²) in [7, 11) is 0. The fourth-order valence-electron chi connectivity index (χ4n) is 1.73. The molecule has 0 bridgehead atoms. The van der Waals surface area contributed by atoms with Gasteiger partial charge in [0, 0.05) is 4.47 Å². The van der Waals surface area contributed by atoms with E-state index in [0.717, 1.165) is 15.8 Å². The largest absolute Gasteiger partial charge is 0.490 e. The van der Waals surface area contributed by atoms with Gasteiger partial charge in [0.25, 0.3) is 0 Å². The lowest BCUT2D eigenvalue weighted by Crippen LogP contribution is -2.10. The maximum atomic E-state index is 10.9. The van der Waals surface area contributed by atoms with E-state index in [-0.39, 0.29) is 5.56 Å². The zero-order valence-corrected chi connectivity index (χ0v) is 13.1. The fourth-order valence-corrected chi connectivity index (χ4v) is 1.99. The van der Waals surface area contributed by atoms with Gasteiger partial charge in [-0.1, -0.05) is 22.0 Å². The maximum absolute atomic E-state index is 10.9. The number of aryl methyl sites for hydroxylation is 1. The lowest BCUT2D eigenvalue weighted by molar-refractivity contribution is 0.0696. The molecule has 2 rings (SSSR count). The van der Waals surface area contributed by atoms with E-state index >= 15 is 0 Å². The Labute approximate surface area is 131 Å². The highest BCUT2D eigenvalue weighted by Crippen LogP contribution is 2.20. The number of carbonyl (C=O) groups is 1. The number of rotatable bonds is 6. The van der Waals surface area contributed by atoms with E-state index in [9.17, 15) is 4.79 Å². The van der Waals surface area contributed by atoms with Gasteiger partial charge in [0.05, 0.1) is 5.56 Å². The Hall–Kier alpha value is -2.01. The molecule has 0 fully saturated rings. The van der Waals surface area contributed by atoms with E-state index < -0.39 is 5.97 Å². The molecule has 5 heteroatoms. The number of hydrogen-bond acceptors (Lipinski definition) is 3. The molecule has 2 aromatic carbocycles. The molecule has 0 radical (unpaired) electrons. The molecule has 0 heterocycles. The minimum absolute atomic E-state index is 0.212. The Morgan fingerprint density at radius 3 is 2.43 bits per heavy atom. The molecule has 0 aliphatic carbocycles. The number of hydrogen-bond donors (Lipinski definition) is 1. The molecule has 0 saturated carbocycles. The SMILES string of the molecule is Cc1ccc(C(=O)O)cc1OCCOc1ccc(Br)cc1. The van der Waals surface area contributed by atoms with Crippen LogP contribution in [0.5, 0.6) is 11.5 Å². The third-order valence-electron chi connectivity index (χ3n) is 2.86. The molecule has 0 saturated heterocycles. The topological polar surface area (TPSA) is 55.8 Å². The summed E-state index contributed by atoms with van der Waals surface area (Å²) in [6, 6.07) is 12.3. The van der Waals surface area contributed by atoms with E-state index in [2.05, 4.69) is 15.9 Å². The van der Waals surface area contributed by atoms with Crippen molar-refractivity contribution in [1.82, 2.24) is 0 Å². The van der Waals surface area contributed by atoms with Crippen LogP contribution < -0.4 is 9.47 Å². The van der Waals surface area contributed by atoms with Crippen LogP contribution in [0.15, 0.2) is 46.9 Å². The smallest absolute Gasteiger partial charge is 0.335 e. The lowest BCUT2D eigenvalue weighted by atomic mass is 10.1. The third kappa shape index (κ3) is 4.49. The third-order valence-corrected chi connectivity index (χ3v) is 3.39. The molecule has 2 aromatic rings. The minimum atomic E-state index is -0.967. The summed E-state index contributed by atoms with van der Waals surface area (Å²) in [5.41, 5.74) is 1.10. The normalized spacial score (nSPS) is 10.2. The van der Waals surface area contributed by atoms with Gasteiger partial charge in [-0.3, -0.25) is 0 Å². The second-order valence-corrected chi connectivity index (χ2v) is 5.35. The van der Waals surface area contributed by atoms with Crippen molar-refractivity contribution in [2.45, 2.75) is 6.92 Å². The van der Waals surface area contributed by atoms with Gasteiger partial charge in [-0.05, 0) is 48.9 Å². The quantitative estimate of drug-likeness (QED) is 0.802. The summed E-state index contributed by atoms with van der Waals surface area (Å²) < 4.78 is 12.1. The number of ether oxygens (including phenoxy) is 2. The van der Waals surface area contributed by atoms with Crippen LogP contribution in [0.3, 0.4) is 0 Å². The predicted molar refractivity (Wildman–Crippen MR) is 83.3 cm³/mol. The molecule has 4 nitrogen and oxygen atoms in total. The Morgan fingerprint density at radius 2 is 1.76 bits per heavy atom. The van der Waals surface area contributed by atoms with Crippen molar-refractivity contribution in [2.24, 2.45) is 0 Å². The molecule has 0 aromatic heterocycles. The van der Waals surface area contributed by atoms with E-state index in [1.54, 1.807) is 12.1 Å². The number of carboxylic acid groups (broad SMARTS) is 1. The molecular weight excluding hydrogens is 336 g/mol. The molecule has 0 spiro atoms. The van der Waals surface area contributed by atoms with Gasteiger partial charge in [-0.2, -0.15) is 0 Å². The van der Waals surface area contributed by atoms with E-state index in [4.69, 9.17) is 14.6 Å². The van der Waals surface area contributed by atoms with Crippen LogP contribution in [-0.2, 0) is 0 Å². The van der Waals surface area contributed by atoms with E-state index in [0.29, 0.717) is 19.0 Å². The van der Waals surface area contributed by atoms with Crippen molar-refractivity contribution in [2.75, 3.05) is 13.2 Å². The first-order valence-corrected chi connectivity index (χ1v) is 7.20. The number of carboxylic acids is 1. The van der Waals surface area contributed by atoms with Crippen molar-refractivity contribution in [3.63, 3.8) is 0 Å². The monoisotopic (exact) mass is 350 g/mol. The van der Waals surface area contributed by atoms with Crippen LogP contribution in [0.2, 0.25) is 0 Å². The van der Waals surface area contributed by atoms with Gasteiger partial charge >= 0.3 is 5.97 Å². The summed E-state index contributed by atoms with van der Waals surface area (Å²) in [5.74, 6) is 0.359. The first kappa shape index (κ1) is 15.4. The van der Waals surface area contributed by atoms with E-state index in [1.165, 1.54) is 6.07 Å². The van der Waals surface area contributed by atoms with Crippen molar-refractivity contribution in [1.29, 1.82) is 0 Å². The van der Waals surface area contributed by atoms with Gasteiger partial charge in [0.1, 0.15) is 24.7 Å². The first-order valence-electron chi connectivity index (χ1n) is 6.41. The summed E-state index contributed by atoms with van der Waals surface area (Å²) in [6.07, 6.45) is 0. The molecule has 0 amide bonds. The van der Waals surface area contributed by atoms with Gasteiger partial charge in [-0.15, -0.1) is 0 Å². The number of aromatic carboxylic acids is 1. The van der Waals surface area contributed by atoms with Crippen molar-refractivity contribution < 1.29 is 19.4 Å². The maximum Gasteiger partial charge on any atom is 0.335 e. The van der Waals surface area contributed by atoms with Gasteiger partial charge < -0.3 is 14.6 Å². The van der Waals surface area contributed by atoms with Crippen LogP contribution >= 0.6 is 15.9 Å². The summed E-state index contributed by atoms with van der Waals surface area (Å²) in [6.45, 7) is 2.61. The highest BCUT2D eigenvalue weighted by molar-refractivity contribution is 9.10. The Kier molecular flexibility index (Phi) is 5.22. The molecule has 1 N–H and O–H groups in total. The van der Waals surface area contributed by atoms with Crippen LogP contribution in [0.25, 0.3) is 0 Å². The highest BCUT2D eigenvalue weighted by atomic mass is 79.9. The summed E-state index contributed by atoms with van der Waals surface area (Å²) in [4.78, 5) is 10.9. The standard InChI is InChI=1S/C16H15BrO4/c1-11-2-3-12(16(18)19)10-15(11)21-9-8-20-14-6-4-13(17)5-7-14/h2-7,10H,8-9H2,1H3,(H,18,19). The summed E-state index contributed by atoms with van der Waals surface area (Å²) >= 11 is 3.36. The Balaban J connectivity index is 1.87. The second kappa shape index (κ2) is 7.13. The summed E-state index contributed by atoms with van der Waals surface area (Å²) in [5, 5.41) is 8.96. The lowest BCUT2D eigenvalue weighted by Gasteiger charge is -2.11. The minimum Gasteiger partial charge on any atom is -0.490 e. The molecule has 0 atom stereocenters. The molecule has 0 unspecified atom stereocenters. The zero-order valence-electron chi connectivity index (χ0n) is 11.5. The zero-order chi connectivity index (χ0) is 15.2. The Morgan fingerprint density at radius 1 is 1.10 bits per heavy atom. The second-order valence-electron chi connectivity index (χ2n) is 4.44. The average molecular weight is 351 g/mol. The molecule has 0 aliphatic heterocycles. The predicted octanol–water partition coefficient (Wildman–Crippen LogP) is 3.91. The molecule has 110 valence electrons.